The van der Waals surface area contributed by atoms with Crippen molar-refractivity contribution in [2.45, 2.75) is 32.2 Å². The highest BCUT2D eigenvalue weighted by atomic mass is 32.2. The van der Waals surface area contributed by atoms with Gasteiger partial charge in [0.1, 0.15) is 5.58 Å². The molecule has 1 atom stereocenters. The second kappa shape index (κ2) is 8.12. The second-order valence-corrected chi connectivity index (χ2v) is 8.95. The first-order valence-electron chi connectivity index (χ1n) is 9.05. The summed E-state index contributed by atoms with van der Waals surface area (Å²) in [4.78, 5) is 26.3. The molecule has 0 N–H and O–H groups in total. The van der Waals surface area contributed by atoms with Crippen molar-refractivity contribution in [1.82, 2.24) is 4.90 Å². The monoisotopic (exact) mass is 393 g/mol. The molecule has 27 heavy (non-hydrogen) atoms. The number of para-hydroxylation sites is 1. The fourth-order valence-corrected chi connectivity index (χ4v) is 4.96. The van der Waals surface area contributed by atoms with Gasteiger partial charge in [0.25, 0.3) is 5.91 Å². The van der Waals surface area contributed by atoms with Crippen LogP contribution >= 0.6 is 0 Å². The van der Waals surface area contributed by atoms with Gasteiger partial charge in [-0.2, -0.15) is 0 Å². The molecule has 1 aliphatic heterocycles. The minimum absolute atomic E-state index is 0.0278. The predicted molar refractivity (Wildman–Crippen MR) is 100 cm³/mol. The Labute approximate surface area is 158 Å². The summed E-state index contributed by atoms with van der Waals surface area (Å²) in [7, 11) is -3.10. The Morgan fingerprint density at radius 3 is 2.74 bits per heavy atom. The number of hydrogen-bond acceptors (Lipinski definition) is 6. The van der Waals surface area contributed by atoms with Crippen LogP contribution in [0.2, 0.25) is 0 Å². The van der Waals surface area contributed by atoms with E-state index in [0.717, 1.165) is 18.2 Å². The molecule has 0 spiro atoms. The van der Waals surface area contributed by atoms with Gasteiger partial charge in [0.2, 0.25) is 5.76 Å². The van der Waals surface area contributed by atoms with Crippen LogP contribution in [0.25, 0.3) is 11.0 Å². The van der Waals surface area contributed by atoms with Gasteiger partial charge in [-0.05, 0) is 25.0 Å². The molecule has 0 saturated carbocycles. The third-order valence-electron chi connectivity index (χ3n) is 4.68. The Kier molecular flexibility index (Phi) is 5.84. The van der Waals surface area contributed by atoms with Crippen LogP contribution in [0.15, 0.2) is 34.7 Å². The molecule has 1 aromatic heterocycles. The van der Waals surface area contributed by atoms with E-state index >= 15 is 0 Å². The molecule has 2 heterocycles. The quantitative estimate of drug-likeness (QED) is 0.671. The maximum Gasteiger partial charge on any atom is 0.374 e. The van der Waals surface area contributed by atoms with Gasteiger partial charge in [-0.15, -0.1) is 0 Å². The molecular weight excluding hydrogens is 370 g/mol. The SMILES string of the molecule is CCCCN(C(=O)COC(=O)c1cc2ccccc2o1)C1CCS(=O)(=O)C1. The smallest absolute Gasteiger partial charge is 0.374 e. The zero-order chi connectivity index (χ0) is 19.4. The van der Waals surface area contributed by atoms with Crippen molar-refractivity contribution >= 4 is 32.7 Å². The van der Waals surface area contributed by atoms with E-state index in [0.29, 0.717) is 18.5 Å². The van der Waals surface area contributed by atoms with Gasteiger partial charge < -0.3 is 14.1 Å². The first kappa shape index (κ1) is 19.4. The number of rotatable bonds is 7. The van der Waals surface area contributed by atoms with Crippen LogP contribution in [0.3, 0.4) is 0 Å². The van der Waals surface area contributed by atoms with Crippen molar-refractivity contribution in [3.63, 3.8) is 0 Å². The largest absolute Gasteiger partial charge is 0.450 e. The van der Waals surface area contributed by atoms with E-state index in [1.54, 1.807) is 23.1 Å². The number of fused-ring (bicyclic) bond motifs is 1. The van der Waals surface area contributed by atoms with Crippen LogP contribution in [-0.4, -0.2) is 55.9 Å². The second-order valence-electron chi connectivity index (χ2n) is 6.72. The lowest BCUT2D eigenvalue weighted by atomic mass is 10.2. The van der Waals surface area contributed by atoms with Gasteiger partial charge in [0.05, 0.1) is 11.5 Å². The van der Waals surface area contributed by atoms with Crippen molar-refractivity contribution in [1.29, 1.82) is 0 Å². The Hall–Kier alpha value is -2.35. The number of nitrogens with zero attached hydrogens (tertiary/aromatic N) is 1. The highest BCUT2D eigenvalue weighted by molar-refractivity contribution is 7.91. The molecular formula is C19H23NO6S. The molecule has 0 bridgehead atoms. The standard InChI is InChI=1S/C19H23NO6S/c1-2-3-9-20(15-8-10-27(23,24)13-15)18(21)12-25-19(22)17-11-14-6-4-5-7-16(14)26-17/h4-7,11,15H,2-3,8-10,12-13H2,1H3. The number of esters is 1. The van der Waals surface area contributed by atoms with Crippen LogP contribution in [0.1, 0.15) is 36.7 Å². The molecule has 1 saturated heterocycles. The van der Waals surface area contributed by atoms with E-state index in [-0.39, 0.29) is 29.2 Å². The Balaban J connectivity index is 1.63. The summed E-state index contributed by atoms with van der Waals surface area (Å²) < 4.78 is 34.0. The molecule has 2 aromatic rings. The van der Waals surface area contributed by atoms with Crippen LogP contribution in [-0.2, 0) is 19.4 Å². The van der Waals surface area contributed by atoms with Gasteiger partial charge in [-0.3, -0.25) is 4.79 Å². The lowest BCUT2D eigenvalue weighted by Crippen LogP contribution is -2.43. The highest BCUT2D eigenvalue weighted by Crippen LogP contribution is 2.21. The average molecular weight is 393 g/mol. The molecule has 1 unspecified atom stereocenters. The van der Waals surface area contributed by atoms with Crippen LogP contribution < -0.4 is 0 Å². The number of carbonyl (C=O) groups is 2. The molecule has 8 heteroatoms. The molecule has 0 aliphatic carbocycles. The molecule has 146 valence electrons. The number of sulfone groups is 1. The highest BCUT2D eigenvalue weighted by Gasteiger charge is 2.34. The number of ether oxygens (including phenoxy) is 1. The summed E-state index contributed by atoms with van der Waals surface area (Å²) in [5, 5.41) is 0.775. The minimum atomic E-state index is -3.10. The topological polar surface area (TPSA) is 93.9 Å². The van der Waals surface area contributed by atoms with Gasteiger partial charge in [-0.25, -0.2) is 13.2 Å². The summed E-state index contributed by atoms with van der Waals surface area (Å²) in [5.74, 6) is -0.997. The van der Waals surface area contributed by atoms with Crippen molar-refractivity contribution in [2.24, 2.45) is 0 Å². The molecule has 1 aromatic carbocycles. The number of furan rings is 1. The fraction of sp³-hybridized carbons (Fsp3) is 0.474. The molecule has 1 fully saturated rings. The van der Waals surface area contributed by atoms with Crippen LogP contribution in [0.4, 0.5) is 0 Å². The number of benzene rings is 1. The van der Waals surface area contributed by atoms with Crippen molar-refractivity contribution in [3.8, 4) is 0 Å². The van der Waals surface area contributed by atoms with Gasteiger partial charge in [0, 0.05) is 18.0 Å². The molecule has 3 rings (SSSR count). The number of amides is 1. The van der Waals surface area contributed by atoms with E-state index in [9.17, 15) is 18.0 Å². The lowest BCUT2D eigenvalue weighted by molar-refractivity contribution is -0.136. The maximum absolute atomic E-state index is 12.6. The Morgan fingerprint density at radius 2 is 2.07 bits per heavy atom. The van der Waals surface area contributed by atoms with Gasteiger partial charge in [-0.1, -0.05) is 31.5 Å². The number of unbranched alkanes of at least 4 members (excludes halogenated alkanes) is 1. The molecule has 7 nitrogen and oxygen atoms in total. The third kappa shape index (κ3) is 4.68. The van der Waals surface area contributed by atoms with Crippen LogP contribution in [0.5, 0.6) is 0 Å². The van der Waals surface area contributed by atoms with E-state index < -0.39 is 22.4 Å². The summed E-state index contributed by atoms with van der Waals surface area (Å²) in [5.41, 5.74) is 0.566. The van der Waals surface area contributed by atoms with E-state index in [1.807, 2.05) is 19.1 Å². The van der Waals surface area contributed by atoms with Crippen molar-refractivity contribution in [3.05, 3.63) is 36.1 Å². The van der Waals surface area contributed by atoms with Crippen molar-refractivity contribution < 1.29 is 27.2 Å². The van der Waals surface area contributed by atoms with E-state index in [4.69, 9.17) is 9.15 Å². The van der Waals surface area contributed by atoms with E-state index in [2.05, 4.69) is 0 Å². The summed E-state index contributed by atoms with van der Waals surface area (Å²) >= 11 is 0. The zero-order valence-corrected chi connectivity index (χ0v) is 16.0. The normalized spacial score (nSPS) is 18.5. The summed E-state index contributed by atoms with van der Waals surface area (Å²) in [6.07, 6.45) is 2.07. The Bertz CT molecular complexity index is 900. The van der Waals surface area contributed by atoms with E-state index in [1.165, 1.54) is 0 Å². The van der Waals surface area contributed by atoms with Crippen LogP contribution in [0, 0.1) is 0 Å². The first-order valence-corrected chi connectivity index (χ1v) is 10.9. The van der Waals surface area contributed by atoms with Gasteiger partial charge >= 0.3 is 5.97 Å². The Morgan fingerprint density at radius 1 is 1.30 bits per heavy atom. The number of carbonyl (C=O) groups excluding carboxylic acids is 2. The third-order valence-corrected chi connectivity index (χ3v) is 6.43. The summed E-state index contributed by atoms with van der Waals surface area (Å²) in [6.45, 7) is 2.02. The molecule has 1 aliphatic rings. The minimum Gasteiger partial charge on any atom is -0.450 e. The zero-order valence-electron chi connectivity index (χ0n) is 15.2. The molecule has 1 amide bonds. The molecule has 0 radical (unpaired) electrons. The number of hydrogen-bond donors (Lipinski definition) is 0. The average Bonchev–Trinajstić information content (AvgIpc) is 3.23. The lowest BCUT2D eigenvalue weighted by Gasteiger charge is -2.28. The first-order chi connectivity index (χ1) is 12.9. The summed E-state index contributed by atoms with van der Waals surface area (Å²) in [6, 6.07) is 8.40. The van der Waals surface area contributed by atoms with Gasteiger partial charge in [0.15, 0.2) is 16.4 Å². The predicted octanol–water partition coefficient (Wildman–Crippen LogP) is 2.41. The fourth-order valence-electron chi connectivity index (χ4n) is 3.22. The van der Waals surface area contributed by atoms with Crippen molar-refractivity contribution in [2.75, 3.05) is 24.7 Å². The maximum atomic E-state index is 12.6.